The average Bonchev–Trinajstić information content (AvgIpc) is 3.78. The Morgan fingerprint density at radius 3 is 2.24 bits per heavy atom. The van der Waals surface area contributed by atoms with Crippen molar-refractivity contribution in [3.05, 3.63) is 178 Å². The standard InChI is InChI=1S/C34H34NO.C30H36N.Ir/c1-22-18-26(24-14-16-34(3,4)17-15-24)13-12-25(22)19-27-20-31(35-21-23(27)2)30-10-7-9-29-28-8-5-6-11-32(28)36-33(29)30;1-20-9-10-22(27-19-23(13-16-31-27)28(2,3)4)17-24(20)21-11-12-25-26(18-21)30(7,8)15-14-29(25,5)6;/h5-9,11-13,18,20-21,24H,14-17,19H2,1-4H3;9,11-13,16-19H,14-15H2,1-8H3;/q2*-1;/i1D3,2D3,12D,24D;1D3;. The quantitative estimate of drug-likeness (QED) is 0.156. The van der Waals surface area contributed by atoms with Gasteiger partial charge < -0.3 is 14.4 Å². The van der Waals surface area contributed by atoms with Crippen LogP contribution in [0.25, 0.3) is 55.6 Å². The topological polar surface area (TPSA) is 38.9 Å². The molecule has 3 heterocycles. The normalized spacial score (nSPS) is 19.8. The van der Waals surface area contributed by atoms with E-state index in [0.717, 1.165) is 58.8 Å². The van der Waals surface area contributed by atoms with E-state index in [1.54, 1.807) is 30.3 Å². The van der Waals surface area contributed by atoms with E-state index in [9.17, 15) is 1.37 Å². The molecular weight excluding hydrogens is 1000 g/mol. The number of fused-ring (bicyclic) bond motifs is 4. The number of hydrogen-bond acceptors (Lipinski definition) is 3. The van der Waals surface area contributed by atoms with Crippen LogP contribution in [0.1, 0.15) is 172 Å². The molecule has 0 unspecified atom stereocenters. The van der Waals surface area contributed by atoms with Crippen molar-refractivity contribution in [2.75, 3.05) is 0 Å². The molecule has 0 bridgehead atoms. The first kappa shape index (κ1) is 36.8. The number of aromatic nitrogens is 2. The first-order chi connectivity index (χ1) is 36.2. The van der Waals surface area contributed by atoms with Gasteiger partial charge in [0.05, 0.1) is 6.95 Å². The molecule has 0 atom stereocenters. The molecule has 1 saturated carbocycles. The summed E-state index contributed by atoms with van der Waals surface area (Å²) in [5, 5.41) is 1.81. The molecular formula is C64H70IrN2O-2. The van der Waals surface area contributed by atoms with Gasteiger partial charge in [0.1, 0.15) is 5.58 Å². The number of pyridine rings is 2. The summed E-state index contributed by atoms with van der Waals surface area (Å²) in [6.45, 7) is 12.8. The van der Waals surface area contributed by atoms with Crippen LogP contribution in [0.5, 0.6) is 0 Å². The van der Waals surface area contributed by atoms with Gasteiger partial charge in [-0.1, -0.05) is 152 Å². The Labute approximate surface area is 436 Å². The van der Waals surface area contributed by atoms with Crippen LogP contribution in [0.3, 0.4) is 0 Å². The van der Waals surface area contributed by atoms with Crippen molar-refractivity contribution < 1.29 is 39.6 Å². The molecule has 0 aliphatic heterocycles. The molecule has 1 fully saturated rings. The van der Waals surface area contributed by atoms with Gasteiger partial charge in [0.25, 0.3) is 0 Å². The maximum absolute atomic E-state index is 9.21. The summed E-state index contributed by atoms with van der Waals surface area (Å²) in [7, 11) is 0. The molecule has 2 aliphatic carbocycles. The number of benzene rings is 5. The van der Waals surface area contributed by atoms with Gasteiger partial charge in [0.15, 0.2) is 0 Å². The van der Waals surface area contributed by atoms with Gasteiger partial charge in [0, 0.05) is 51.6 Å². The van der Waals surface area contributed by atoms with Gasteiger partial charge in [-0.15, -0.1) is 47.5 Å². The third kappa shape index (κ3) is 10.1. The predicted molar refractivity (Wildman–Crippen MR) is 282 cm³/mol. The van der Waals surface area contributed by atoms with E-state index < -0.39 is 26.4 Å². The molecule has 353 valence electrons. The summed E-state index contributed by atoms with van der Waals surface area (Å²) < 4.78 is 98.6. The minimum absolute atomic E-state index is 0. The second-order valence-electron chi connectivity index (χ2n) is 22.0. The Hall–Kier alpha value is -5.15. The Morgan fingerprint density at radius 2 is 1.49 bits per heavy atom. The summed E-state index contributed by atoms with van der Waals surface area (Å²) >= 11 is 0. The van der Waals surface area contributed by atoms with Crippen molar-refractivity contribution in [3.8, 4) is 33.6 Å². The van der Waals surface area contributed by atoms with Crippen molar-refractivity contribution in [1.82, 2.24) is 9.97 Å². The fraction of sp³-hybridized carbons (Fsp3) is 0.375. The van der Waals surface area contributed by atoms with Gasteiger partial charge in [0.2, 0.25) is 0 Å². The third-order valence-electron chi connectivity index (χ3n) is 14.6. The first-order valence-corrected chi connectivity index (χ1v) is 23.8. The average molecular weight is 1090 g/mol. The summed E-state index contributed by atoms with van der Waals surface area (Å²) in [4.78, 5) is 9.08. The van der Waals surface area contributed by atoms with Crippen molar-refractivity contribution in [3.63, 3.8) is 0 Å². The summed E-state index contributed by atoms with van der Waals surface area (Å²) in [6, 6.07) is 36.8. The molecule has 5 aromatic carbocycles. The molecule has 3 nitrogen and oxygen atoms in total. The molecule has 0 spiro atoms. The van der Waals surface area contributed by atoms with E-state index in [0.29, 0.717) is 52.0 Å². The number of furan rings is 1. The van der Waals surface area contributed by atoms with E-state index in [1.165, 1.54) is 22.9 Å². The first-order valence-electron chi connectivity index (χ1n) is 29.3. The van der Waals surface area contributed by atoms with Gasteiger partial charge in [-0.2, -0.15) is 0 Å². The Kier molecular flexibility index (Phi) is 10.3. The van der Waals surface area contributed by atoms with Crippen LogP contribution in [-0.2, 0) is 42.8 Å². The zero-order valence-electron chi connectivity index (χ0n) is 52.0. The zero-order chi connectivity index (χ0) is 56.8. The summed E-state index contributed by atoms with van der Waals surface area (Å²) in [6.07, 6.45) is 8.14. The monoisotopic (exact) mass is 1090 g/mol. The van der Waals surface area contributed by atoms with Gasteiger partial charge in [-0.05, 0) is 160 Å². The molecule has 68 heavy (non-hydrogen) atoms. The number of rotatable bonds is 6. The van der Waals surface area contributed by atoms with Crippen LogP contribution >= 0.6 is 0 Å². The number of nitrogens with zero attached hydrogens (tertiary/aromatic N) is 2. The molecule has 0 amide bonds. The van der Waals surface area contributed by atoms with Gasteiger partial charge in [-0.3, -0.25) is 0 Å². The Balaban J connectivity index is 0.000000212. The summed E-state index contributed by atoms with van der Waals surface area (Å²) in [5.41, 5.74) is 11.1. The van der Waals surface area contributed by atoms with Crippen molar-refractivity contribution in [1.29, 1.82) is 0 Å². The third-order valence-corrected chi connectivity index (χ3v) is 14.6. The number of aryl methyl sites for hydroxylation is 3. The molecule has 2 aliphatic rings. The molecule has 3 aromatic heterocycles. The maximum Gasteiger partial charge on any atom is 0.120 e. The number of para-hydroxylation sites is 1. The predicted octanol–water partition coefficient (Wildman–Crippen LogP) is 17.5. The van der Waals surface area contributed by atoms with Crippen LogP contribution in [0, 0.1) is 38.1 Å². The molecule has 10 rings (SSSR count). The van der Waals surface area contributed by atoms with Crippen LogP contribution in [-0.4, -0.2) is 9.97 Å². The van der Waals surface area contributed by atoms with Crippen molar-refractivity contribution in [2.45, 2.75) is 150 Å². The van der Waals surface area contributed by atoms with Crippen LogP contribution in [0.15, 0.2) is 120 Å². The van der Waals surface area contributed by atoms with E-state index in [2.05, 4.69) is 109 Å². The fourth-order valence-electron chi connectivity index (χ4n) is 9.92. The van der Waals surface area contributed by atoms with E-state index in [1.807, 2.05) is 48.7 Å². The zero-order valence-corrected chi connectivity index (χ0v) is 43.4. The maximum atomic E-state index is 9.21. The number of hydrogen-bond donors (Lipinski definition) is 0. The van der Waals surface area contributed by atoms with Crippen molar-refractivity contribution in [2.24, 2.45) is 5.41 Å². The van der Waals surface area contributed by atoms with Crippen LogP contribution < -0.4 is 0 Å². The Bertz CT molecular complexity index is 3570. The van der Waals surface area contributed by atoms with Crippen LogP contribution in [0.4, 0.5) is 0 Å². The molecule has 0 saturated heterocycles. The molecule has 1 radical (unpaired) electrons. The second-order valence-corrected chi connectivity index (χ2v) is 22.0. The van der Waals surface area contributed by atoms with Crippen LogP contribution in [0.2, 0.25) is 0 Å². The van der Waals surface area contributed by atoms with Crippen molar-refractivity contribution >= 4 is 21.9 Å². The van der Waals surface area contributed by atoms with Gasteiger partial charge >= 0.3 is 0 Å². The molecule has 0 N–H and O–H groups in total. The Morgan fingerprint density at radius 1 is 0.735 bits per heavy atom. The minimum Gasteiger partial charge on any atom is -0.501 e. The smallest absolute Gasteiger partial charge is 0.120 e. The van der Waals surface area contributed by atoms with E-state index >= 15 is 0 Å². The minimum atomic E-state index is -2.56. The largest absolute Gasteiger partial charge is 0.501 e. The van der Waals surface area contributed by atoms with Gasteiger partial charge in [-0.25, -0.2) is 0 Å². The van der Waals surface area contributed by atoms with E-state index in [-0.39, 0.29) is 70.9 Å². The second kappa shape index (κ2) is 19.0. The SMILES string of the molecule is [2H]C([2H])([2H])c1c[c-]c(-c2cc(C(C)(C)C)ccn2)cc1-c1ccc2c(c1)C(C)(C)CCC2(C)C.[2H]c1cc(C2([2H])CCC(C)(C)CC2)cc(C([2H])([2H])[2H])c1Cc1cc(-c2[c-]ccc3c2oc2ccccc23)ncc1C([2H])([2H])[2H].[Ir]. The molecule has 4 heteroatoms. The van der Waals surface area contributed by atoms with E-state index in [4.69, 9.17) is 18.1 Å². The fourth-order valence-corrected chi connectivity index (χ4v) is 9.92. The summed E-state index contributed by atoms with van der Waals surface area (Å²) in [5.74, 6) is -0.974. The molecule has 8 aromatic rings.